The van der Waals surface area contributed by atoms with Crippen LogP contribution in [-0.4, -0.2) is 20.2 Å². The van der Waals surface area contributed by atoms with Gasteiger partial charge in [-0.3, -0.25) is 0 Å². The van der Waals surface area contributed by atoms with Gasteiger partial charge in [0.25, 0.3) is 0 Å². The van der Waals surface area contributed by atoms with E-state index in [4.69, 9.17) is 11.2 Å². The molecule has 4 heteroatoms. The maximum atomic E-state index is 11.3. The molecule has 0 N–H and O–H groups in total. The summed E-state index contributed by atoms with van der Waals surface area (Å²) >= 11 is 3.29. The fourth-order valence-electron chi connectivity index (χ4n) is 1.09. The summed E-state index contributed by atoms with van der Waals surface area (Å²) in [6, 6.07) is 3.13. The van der Waals surface area contributed by atoms with Crippen molar-refractivity contribution in [2.24, 2.45) is 0 Å². The number of terminal acetylenes is 1. The lowest BCUT2D eigenvalue weighted by Crippen LogP contribution is -2.02. The monoisotopic (exact) mass is 268 g/mol. The SMILES string of the molecule is C#Cc1cc(C(=O)OC)cc(OC)c1Br. The molecule has 3 nitrogen and oxygen atoms in total. The Morgan fingerprint density at radius 1 is 1.47 bits per heavy atom. The second kappa shape index (κ2) is 4.85. The van der Waals surface area contributed by atoms with Gasteiger partial charge in [-0.05, 0) is 28.1 Å². The Labute approximate surface area is 96.5 Å². The highest BCUT2D eigenvalue weighted by Crippen LogP contribution is 2.29. The van der Waals surface area contributed by atoms with E-state index in [2.05, 4.69) is 26.6 Å². The van der Waals surface area contributed by atoms with E-state index < -0.39 is 5.97 Å². The zero-order valence-electron chi connectivity index (χ0n) is 8.33. The van der Waals surface area contributed by atoms with Crippen LogP contribution >= 0.6 is 15.9 Å². The summed E-state index contributed by atoms with van der Waals surface area (Å²) in [4.78, 5) is 11.3. The minimum Gasteiger partial charge on any atom is -0.496 e. The number of methoxy groups -OCH3 is 2. The van der Waals surface area contributed by atoms with Gasteiger partial charge in [-0.2, -0.15) is 0 Å². The van der Waals surface area contributed by atoms with Crippen molar-refractivity contribution in [3.8, 4) is 18.1 Å². The van der Waals surface area contributed by atoms with Gasteiger partial charge in [0.1, 0.15) is 5.75 Å². The fourth-order valence-corrected chi connectivity index (χ4v) is 1.59. The topological polar surface area (TPSA) is 35.5 Å². The molecule has 0 aliphatic rings. The first-order valence-corrected chi connectivity index (χ1v) is 4.85. The van der Waals surface area contributed by atoms with Gasteiger partial charge in [-0.25, -0.2) is 4.79 Å². The molecule has 78 valence electrons. The minimum atomic E-state index is -0.447. The first-order valence-electron chi connectivity index (χ1n) is 4.06. The molecule has 15 heavy (non-hydrogen) atoms. The standard InChI is InChI=1S/C11H9BrO3/c1-4-7-5-8(11(13)15-3)6-9(14-2)10(7)12/h1,5-6H,2-3H3. The molecule has 0 aromatic heterocycles. The van der Waals surface area contributed by atoms with Crippen LogP contribution in [0.2, 0.25) is 0 Å². The molecule has 1 aromatic rings. The molecule has 0 saturated carbocycles. The molecule has 0 radical (unpaired) electrons. The van der Waals surface area contributed by atoms with Gasteiger partial charge < -0.3 is 9.47 Å². The zero-order chi connectivity index (χ0) is 11.4. The first kappa shape index (κ1) is 11.6. The number of halogens is 1. The average molecular weight is 269 g/mol. The molecular formula is C11H9BrO3. The normalized spacial score (nSPS) is 9.20. The number of ether oxygens (including phenoxy) is 2. The molecule has 0 amide bonds. The molecule has 0 atom stereocenters. The number of rotatable bonds is 2. The van der Waals surface area contributed by atoms with Gasteiger partial charge >= 0.3 is 5.97 Å². The summed E-state index contributed by atoms with van der Waals surface area (Å²) in [6.45, 7) is 0. The van der Waals surface area contributed by atoms with E-state index in [9.17, 15) is 4.79 Å². The Hall–Kier alpha value is -1.47. The Balaban J connectivity index is 3.34. The van der Waals surface area contributed by atoms with E-state index >= 15 is 0 Å². The molecule has 1 aromatic carbocycles. The van der Waals surface area contributed by atoms with E-state index in [0.717, 1.165) is 0 Å². The van der Waals surface area contributed by atoms with Crippen LogP contribution in [0.4, 0.5) is 0 Å². The summed E-state index contributed by atoms with van der Waals surface area (Å²) < 4.78 is 10.3. The van der Waals surface area contributed by atoms with E-state index in [1.807, 2.05) is 0 Å². The number of esters is 1. The number of carbonyl (C=O) groups is 1. The average Bonchev–Trinajstić information content (AvgIpc) is 2.28. The summed E-state index contributed by atoms with van der Waals surface area (Å²) in [5, 5.41) is 0. The van der Waals surface area contributed by atoms with E-state index in [1.165, 1.54) is 14.2 Å². The highest BCUT2D eigenvalue weighted by molar-refractivity contribution is 9.10. The maximum absolute atomic E-state index is 11.3. The summed E-state index contributed by atoms with van der Waals surface area (Å²) in [7, 11) is 2.81. The molecule has 0 fully saturated rings. The first-order chi connectivity index (χ1) is 7.13. The Morgan fingerprint density at radius 3 is 2.60 bits per heavy atom. The summed E-state index contributed by atoms with van der Waals surface area (Å²) in [5.74, 6) is 2.51. The van der Waals surface area contributed by atoms with Gasteiger partial charge in [0, 0.05) is 5.56 Å². The van der Waals surface area contributed by atoms with Crippen molar-refractivity contribution >= 4 is 21.9 Å². The molecule has 0 unspecified atom stereocenters. The van der Waals surface area contributed by atoms with Crippen molar-refractivity contribution in [2.45, 2.75) is 0 Å². The van der Waals surface area contributed by atoms with Crippen LogP contribution in [-0.2, 0) is 4.74 Å². The minimum absolute atomic E-state index is 0.366. The van der Waals surface area contributed by atoms with Crippen LogP contribution < -0.4 is 4.74 Å². The maximum Gasteiger partial charge on any atom is 0.338 e. The molecule has 1 rings (SSSR count). The third-order valence-corrected chi connectivity index (χ3v) is 2.65. The van der Waals surface area contributed by atoms with Gasteiger partial charge in [0.05, 0.1) is 24.3 Å². The van der Waals surface area contributed by atoms with Crippen LogP contribution in [0.5, 0.6) is 5.75 Å². The predicted octanol–water partition coefficient (Wildman–Crippen LogP) is 2.23. The summed E-state index contributed by atoms with van der Waals surface area (Å²) in [6.07, 6.45) is 5.30. The Morgan fingerprint density at radius 2 is 2.13 bits per heavy atom. The van der Waals surface area contributed by atoms with Gasteiger partial charge in [0.2, 0.25) is 0 Å². The second-order valence-corrected chi connectivity index (χ2v) is 3.47. The van der Waals surface area contributed by atoms with Crippen LogP contribution in [0, 0.1) is 12.3 Å². The van der Waals surface area contributed by atoms with Crippen molar-refractivity contribution in [1.29, 1.82) is 0 Å². The highest BCUT2D eigenvalue weighted by Gasteiger charge is 2.12. The van der Waals surface area contributed by atoms with E-state index in [0.29, 0.717) is 21.3 Å². The number of hydrogen-bond donors (Lipinski definition) is 0. The number of carbonyl (C=O) groups excluding carboxylic acids is 1. The lowest BCUT2D eigenvalue weighted by atomic mass is 10.1. The molecule has 0 aliphatic heterocycles. The van der Waals surface area contributed by atoms with Gasteiger partial charge in [-0.1, -0.05) is 5.92 Å². The Bertz CT molecular complexity index is 432. The third-order valence-electron chi connectivity index (χ3n) is 1.84. The van der Waals surface area contributed by atoms with Crippen molar-refractivity contribution < 1.29 is 14.3 Å². The lowest BCUT2D eigenvalue weighted by Gasteiger charge is -2.07. The van der Waals surface area contributed by atoms with E-state index in [1.54, 1.807) is 12.1 Å². The Kier molecular flexibility index (Phi) is 3.75. The second-order valence-electron chi connectivity index (χ2n) is 2.68. The van der Waals surface area contributed by atoms with Gasteiger partial charge in [0.15, 0.2) is 0 Å². The van der Waals surface area contributed by atoms with Crippen molar-refractivity contribution in [3.05, 3.63) is 27.7 Å². The molecule has 0 saturated heterocycles. The lowest BCUT2D eigenvalue weighted by molar-refractivity contribution is 0.0600. The molecular weight excluding hydrogens is 260 g/mol. The molecule has 0 heterocycles. The van der Waals surface area contributed by atoms with Gasteiger partial charge in [-0.15, -0.1) is 6.42 Å². The molecule has 0 spiro atoms. The van der Waals surface area contributed by atoms with E-state index in [-0.39, 0.29) is 0 Å². The quantitative estimate of drug-likeness (QED) is 0.610. The molecule has 0 bridgehead atoms. The highest BCUT2D eigenvalue weighted by atomic mass is 79.9. The van der Waals surface area contributed by atoms with Crippen molar-refractivity contribution in [2.75, 3.05) is 14.2 Å². The predicted molar refractivity (Wildman–Crippen MR) is 60.0 cm³/mol. The number of hydrogen-bond acceptors (Lipinski definition) is 3. The van der Waals surface area contributed by atoms with Crippen LogP contribution in [0.1, 0.15) is 15.9 Å². The van der Waals surface area contributed by atoms with Crippen LogP contribution in [0.15, 0.2) is 16.6 Å². The summed E-state index contributed by atoms with van der Waals surface area (Å²) in [5.41, 5.74) is 0.917. The largest absolute Gasteiger partial charge is 0.496 e. The van der Waals surface area contributed by atoms with Crippen molar-refractivity contribution in [3.63, 3.8) is 0 Å². The molecule has 0 aliphatic carbocycles. The number of benzene rings is 1. The van der Waals surface area contributed by atoms with Crippen LogP contribution in [0.3, 0.4) is 0 Å². The third kappa shape index (κ3) is 2.31. The smallest absolute Gasteiger partial charge is 0.338 e. The van der Waals surface area contributed by atoms with Crippen LogP contribution in [0.25, 0.3) is 0 Å². The fraction of sp³-hybridized carbons (Fsp3) is 0.182. The van der Waals surface area contributed by atoms with Crippen molar-refractivity contribution in [1.82, 2.24) is 0 Å². The zero-order valence-corrected chi connectivity index (χ0v) is 9.92.